The number of halogens is 2. The zero-order chi connectivity index (χ0) is 8.43. The molecular weight excluding hydrogens is 146 g/mol. The van der Waals surface area contributed by atoms with Gasteiger partial charge < -0.3 is 0 Å². The molecule has 2 heteroatoms. The molecule has 11 heavy (non-hydrogen) atoms. The second-order valence-electron chi connectivity index (χ2n) is 3.17. The van der Waals surface area contributed by atoms with E-state index in [9.17, 15) is 8.78 Å². The largest absolute Gasteiger partial charge is 0.270 e. The minimum absolute atomic E-state index is 0.0741. The van der Waals surface area contributed by atoms with Gasteiger partial charge in [-0.25, -0.2) is 0 Å². The van der Waals surface area contributed by atoms with Crippen LogP contribution in [0.3, 0.4) is 0 Å². The van der Waals surface area contributed by atoms with Gasteiger partial charge in [0.05, 0.1) is 0 Å². The highest BCUT2D eigenvalue weighted by Crippen LogP contribution is 2.38. The molecule has 2 atom stereocenters. The quantitative estimate of drug-likeness (QED) is 0.513. The van der Waals surface area contributed by atoms with Crippen molar-refractivity contribution in [2.24, 2.45) is 11.8 Å². The molecule has 1 aliphatic carbocycles. The minimum atomic E-state index is -1.50. The Hall–Kier alpha value is -0.660. The fourth-order valence-electron chi connectivity index (χ4n) is 1.64. The monoisotopic (exact) mass is 158 g/mol. The Morgan fingerprint density at radius 3 is 2.64 bits per heavy atom. The molecule has 0 bridgehead atoms. The van der Waals surface area contributed by atoms with Crippen LogP contribution in [0.25, 0.3) is 0 Å². The van der Waals surface area contributed by atoms with Crippen molar-refractivity contribution in [2.45, 2.75) is 19.8 Å². The summed E-state index contributed by atoms with van der Waals surface area (Å²) in [5, 5.41) is 0. The molecule has 1 aliphatic rings. The van der Waals surface area contributed by atoms with Crippen LogP contribution in [0.5, 0.6) is 0 Å². The second-order valence-corrected chi connectivity index (χ2v) is 3.17. The van der Waals surface area contributed by atoms with Crippen LogP contribution in [0.15, 0.2) is 24.3 Å². The minimum Gasteiger partial charge on any atom is -0.173 e. The summed E-state index contributed by atoms with van der Waals surface area (Å²) in [6, 6.07) is 0. The number of hydrogen-bond acceptors (Lipinski definition) is 0. The molecule has 0 radical (unpaired) electrons. The molecule has 1 fully saturated rings. The molecule has 0 amide bonds. The summed E-state index contributed by atoms with van der Waals surface area (Å²) >= 11 is 0. The fourth-order valence-corrected chi connectivity index (χ4v) is 1.64. The van der Waals surface area contributed by atoms with Crippen molar-refractivity contribution in [1.29, 1.82) is 0 Å². The Balaban J connectivity index is 2.81. The van der Waals surface area contributed by atoms with Crippen LogP contribution >= 0.6 is 0 Å². The second kappa shape index (κ2) is 3.16. The zero-order valence-corrected chi connectivity index (χ0v) is 6.61. The maximum Gasteiger partial charge on any atom is 0.270 e. The van der Waals surface area contributed by atoms with Crippen molar-refractivity contribution in [3.05, 3.63) is 24.3 Å². The molecule has 1 saturated carbocycles. The first-order valence-corrected chi connectivity index (χ1v) is 3.81. The predicted octanol–water partition coefficient (Wildman–Crippen LogP) is 3.37. The van der Waals surface area contributed by atoms with Gasteiger partial charge in [0.25, 0.3) is 6.08 Å². The van der Waals surface area contributed by atoms with E-state index in [0.29, 0.717) is 17.9 Å². The van der Waals surface area contributed by atoms with E-state index in [0.717, 1.165) is 6.42 Å². The first-order valence-electron chi connectivity index (χ1n) is 3.81. The van der Waals surface area contributed by atoms with Gasteiger partial charge in [0.1, 0.15) is 0 Å². The first-order chi connectivity index (χ1) is 5.15. The van der Waals surface area contributed by atoms with E-state index in [4.69, 9.17) is 0 Å². The zero-order valence-electron chi connectivity index (χ0n) is 6.61. The highest BCUT2D eigenvalue weighted by atomic mass is 19.3. The standard InChI is InChI=1S/C9H12F2/c1-3-7-4-6(2)5-8(7)9(10)11/h3,6-7H,1,4-5H2,2H3/t6-,7+/m1/s1. The highest BCUT2D eigenvalue weighted by Gasteiger charge is 2.27. The van der Waals surface area contributed by atoms with Gasteiger partial charge in [-0.2, -0.15) is 8.78 Å². The summed E-state index contributed by atoms with van der Waals surface area (Å²) in [5.41, 5.74) is 0.299. The van der Waals surface area contributed by atoms with Gasteiger partial charge in [-0.1, -0.05) is 13.0 Å². The SMILES string of the molecule is C=C[C@H]1C[C@@H](C)CC1=C(F)F. The molecule has 0 aromatic rings. The summed E-state index contributed by atoms with van der Waals surface area (Å²) in [7, 11) is 0. The molecule has 62 valence electrons. The topological polar surface area (TPSA) is 0 Å². The van der Waals surface area contributed by atoms with E-state index in [-0.39, 0.29) is 5.92 Å². The summed E-state index contributed by atoms with van der Waals surface area (Å²) in [4.78, 5) is 0. The van der Waals surface area contributed by atoms with Gasteiger partial charge in [0.15, 0.2) is 0 Å². The van der Waals surface area contributed by atoms with Crippen molar-refractivity contribution >= 4 is 0 Å². The predicted molar refractivity (Wildman–Crippen MR) is 41.3 cm³/mol. The van der Waals surface area contributed by atoms with E-state index in [1.807, 2.05) is 6.92 Å². The van der Waals surface area contributed by atoms with Crippen LogP contribution < -0.4 is 0 Å². The van der Waals surface area contributed by atoms with Crippen molar-refractivity contribution in [1.82, 2.24) is 0 Å². The van der Waals surface area contributed by atoms with E-state index in [2.05, 4.69) is 6.58 Å². The lowest BCUT2D eigenvalue weighted by atomic mass is 10.0. The third-order valence-corrected chi connectivity index (χ3v) is 2.20. The van der Waals surface area contributed by atoms with E-state index >= 15 is 0 Å². The first kappa shape index (κ1) is 8.44. The van der Waals surface area contributed by atoms with Gasteiger partial charge in [0.2, 0.25) is 0 Å². The van der Waals surface area contributed by atoms with Crippen LogP contribution in [0.2, 0.25) is 0 Å². The molecule has 0 saturated heterocycles. The lowest BCUT2D eigenvalue weighted by Gasteiger charge is -2.02. The number of rotatable bonds is 1. The third-order valence-electron chi connectivity index (χ3n) is 2.20. The normalized spacial score (nSPS) is 30.6. The van der Waals surface area contributed by atoms with E-state index in [1.165, 1.54) is 0 Å². The molecule has 0 spiro atoms. The van der Waals surface area contributed by atoms with Crippen LogP contribution in [0, 0.1) is 11.8 Å². The molecule has 1 rings (SSSR count). The average Bonchev–Trinajstić information content (AvgIpc) is 2.30. The van der Waals surface area contributed by atoms with Gasteiger partial charge >= 0.3 is 0 Å². The molecule has 0 heterocycles. The van der Waals surface area contributed by atoms with E-state index in [1.54, 1.807) is 6.08 Å². The highest BCUT2D eigenvalue weighted by molar-refractivity contribution is 5.18. The molecule has 0 unspecified atom stereocenters. The number of allylic oxidation sites excluding steroid dienone is 2. The van der Waals surface area contributed by atoms with Crippen molar-refractivity contribution in [3.8, 4) is 0 Å². The van der Waals surface area contributed by atoms with Crippen molar-refractivity contribution in [2.75, 3.05) is 0 Å². The van der Waals surface area contributed by atoms with E-state index < -0.39 is 6.08 Å². The summed E-state index contributed by atoms with van der Waals surface area (Å²) < 4.78 is 24.4. The van der Waals surface area contributed by atoms with Gasteiger partial charge in [-0.15, -0.1) is 6.58 Å². The average molecular weight is 158 g/mol. The van der Waals surface area contributed by atoms with Crippen LogP contribution in [0.1, 0.15) is 19.8 Å². The maximum absolute atomic E-state index is 12.2. The molecule has 0 aromatic heterocycles. The van der Waals surface area contributed by atoms with Gasteiger partial charge in [-0.3, -0.25) is 0 Å². The summed E-state index contributed by atoms with van der Waals surface area (Å²) in [6.45, 7) is 5.53. The molecule has 0 nitrogen and oxygen atoms in total. The molecular formula is C9H12F2. The maximum atomic E-state index is 12.2. The lowest BCUT2D eigenvalue weighted by molar-refractivity contribution is 0.403. The summed E-state index contributed by atoms with van der Waals surface area (Å²) in [5.74, 6) is 0.310. The lowest BCUT2D eigenvalue weighted by Crippen LogP contribution is -1.91. The number of hydrogen-bond donors (Lipinski definition) is 0. The van der Waals surface area contributed by atoms with Gasteiger partial charge in [0, 0.05) is 11.5 Å². The van der Waals surface area contributed by atoms with Crippen molar-refractivity contribution in [3.63, 3.8) is 0 Å². The molecule has 0 aliphatic heterocycles. The Labute approximate surface area is 65.6 Å². The van der Waals surface area contributed by atoms with Gasteiger partial charge in [-0.05, 0) is 18.8 Å². The van der Waals surface area contributed by atoms with Crippen LogP contribution in [-0.4, -0.2) is 0 Å². The Kier molecular flexibility index (Phi) is 2.42. The van der Waals surface area contributed by atoms with Crippen molar-refractivity contribution < 1.29 is 8.78 Å². The smallest absolute Gasteiger partial charge is 0.173 e. The summed E-state index contributed by atoms with van der Waals surface area (Å²) in [6.07, 6.45) is 1.49. The Morgan fingerprint density at radius 2 is 2.27 bits per heavy atom. The van der Waals surface area contributed by atoms with Crippen LogP contribution in [-0.2, 0) is 0 Å². The Bertz CT molecular complexity index is 190. The molecule has 0 N–H and O–H groups in total. The Morgan fingerprint density at radius 1 is 1.64 bits per heavy atom. The molecule has 0 aromatic carbocycles. The van der Waals surface area contributed by atoms with Crippen LogP contribution in [0.4, 0.5) is 8.78 Å². The fraction of sp³-hybridized carbons (Fsp3) is 0.556. The third kappa shape index (κ3) is 1.67.